The van der Waals surface area contributed by atoms with Gasteiger partial charge in [0, 0.05) is 42.2 Å². The molecule has 0 unspecified atom stereocenters. The zero-order valence-electron chi connectivity index (χ0n) is 16.5. The standard InChI is InChI=1S/C20H22F2N4O3/c1-10(2)16-8-15(25-28-16)20(27)26-6-4-5-12(9-26)14-7-13(18(21)22)17-11(3)24-29-19(17)23-14/h7-8,10,12,18H,4-6,9H2,1-3H3/t12-/m1/s1. The van der Waals surface area contributed by atoms with Gasteiger partial charge in [-0.1, -0.05) is 24.2 Å². The Morgan fingerprint density at radius 3 is 2.72 bits per heavy atom. The van der Waals surface area contributed by atoms with Gasteiger partial charge < -0.3 is 13.9 Å². The van der Waals surface area contributed by atoms with E-state index in [1.165, 1.54) is 6.07 Å². The summed E-state index contributed by atoms with van der Waals surface area (Å²) in [7, 11) is 0. The molecule has 154 valence electrons. The Morgan fingerprint density at radius 2 is 2.03 bits per heavy atom. The van der Waals surface area contributed by atoms with Crippen LogP contribution in [0.2, 0.25) is 0 Å². The van der Waals surface area contributed by atoms with Gasteiger partial charge in [0.15, 0.2) is 5.69 Å². The van der Waals surface area contributed by atoms with Gasteiger partial charge in [-0.25, -0.2) is 13.8 Å². The molecule has 1 atom stereocenters. The van der Waals surface area contributed by atoms with Crippen LogP contribution < -0.4 is 0 Å². The highest BCUT2D eigenvalue weighted by molar-refractivity contribution is 5.92. The molecule has 4 rings (SSSR count). The van der Waals surface area contributed by atoms with Crippen molar-refractivity contribution in [2.24, 2.45) is 0 Å². The topological polar surface area (TPSA) is 85.3 Å². The second kappa shape index (κ2) is 7.53. The van der Waals surface area contributed by atoms with Gasteiger partial charge in [0.25, 0.3) is 18.0 Å². The summed E-state index contributed by atoms with van der Waals surface area (Å²) in [6, 6.07) is 3.08. The third kappa shape index (κ3) is 3.61. The van der Waals surface area contributed by atoms with Gasteiger partial charge in [-0.2, -0.15) is 0 Å². The number of likely N-dealkylation sites (tertiary alicyclic amines) is 1. The number of amides is 1. The minimum atomic E-state index is -2.66. The van der Waals surface area contributed by atoms with E-state index in [0.717, 1.165) is 12.8 Å². The molecule has 0 bridgehead atoms. The molecule has 0 radical (unpaired) electrons. The van der Waals surface area contributed by atoms with Crippen LogP contribution in [0.3, 0.4) is 0 Å². The highest BCUT2D eigenvalue weighted by Gasteiger charge is 2.30. The number of pyridine rings is 1. The first-order chi connectivity index (χ1) is 13.8. The number of halogens is 2. The zero-order valence-corrected chi connectivity index (χ0v) is 16.5. The molecule has 9 heteroatoms. The molecule has 1 saturated heterocycles. The summed E-state index contributed by atoms with van der Waals surface area (Å²) in [4.78, 5) is 18.9. The van der Waals surface area contributed by atoms with Crippen LogP contribution in [-0.2, 0) is 0 Å². The number of carbonyl (C=O) groups excluding carboxylic acids is 1. The third-order valence-electron chi connectivity index (χ3n) is 5.35. The van der Waals surface area contributed by atoms with Crippen LogP contribution >= 0.6 is 0 Å². The summed E-state index contributed by atoms with van der Waals surface area (Å²) >= 11 is 0. The van der Waals surface area contributed by atoms with Gasteiger partial charge in [-0.05, 0) is 25.8 Å². The maximum Gasteiger partial charge on any atom is 0.276 e. The highest BCUT2D eigenvalue weighted by atomic mass is 19.3. The van der Waals surface area contributed by atoms with Gasteiger partial charge in [0.05, 0.1) is 11.1 Å². The SMILES string of the molecule is Cc1noc2nc([C@@H]3CCCN(C(=O)c4cc(C(C)C)on4)C3)cc(C(F)F)c12. The third-order valence-corrected chi connectivity index (χ3v) is 5.35. The fourth-order valence-corrected chi connectivity index (χ4v) is 3.76. The molecule has 3 aromatic heterocycles. The summed E-state index contributed by atoms with van der Waals surface area (Å²) in [6.07, 6.45) is -1.18. The van der Waals surface area contributed by atoms with Crippen molar-refractivity contribution < 1.29 is 22.6 Å². The first-order valence-corrected chi connectivity index (χ1v) is 9.66. The predicted molar refractivity (Wildman–Crippen MR) is 100.0 cm³/mol. The van der Waals surface area contributed by atoms with Crippen molar-refractivity contribution in [3.05, 3.63) is 40.5 Å². The van der Waals surface area contributed by atoms with Gasteiger partial charge in [0.2, 0.25) is 0 Å². The number of nitrogens with zero attached hydrogens (tertiary/aromatic N) is 4. The fraction of sp³-hybridized carbons (Fsp3) is 0.500. The molecule has 0 saturated carbocycles. The molecule has 4 heterocycles. The molecule has 0 spiro atoms. The maximum absolute atomic E-state index is 13.6. The lowest BCUT2D eigenvalue weighted by Gasteiger charge is -2.32. The fourth-order valence-electron chi connectivity index (χ4n) is 3.76. The Labute approximate surface area is 166 Å². The van der Waals surface area contributed by atoms with E-state index in [-0.39, 0.29) is 40.1 Å². The number of carbonyl (C=O) groups is 1. The number of hydrogen-bond donors (Lipinski definition) is 0. The van der Waals surface area contributed by atoms with E-state index in [2.05, 4.69) is 15.3 Å². The average Bonchev–Trinajstić information content (AvgIpc) is 3.34. The van der Waals surface area contributed by atoms with Crippen LogP contribution in [0.5, 0.6) is 0 Å². The van der Waals surface area contributed by atoms with Gasteiger partial charge >= 0.3 is 0 Å². The van der Waals surface area contributed by atoms with E-state index in [9.17, 15) is 13.6 Å². The van der Waals surface area contributed by atoms with E-state index >= 15 is 0 Å². The van der Waals surface area contributed by atoms with Crippen LogP contribution in [0.25, 0.3) is 11.1 Å². The zero-order chi connectivity index (χ0) is 20.7. The summed E-state index contributed by atoms with van der Waals surface area (Å²) in [5.41, 5.74) is 1.12. The molecule has 1 amide bonds. The quantitative estimate of drug-likeness (QED) is 0.632. The summed E-state index contributed by atoms with van der Waals surface area (Å²) < 4.78 is 37.6. The Bertz CT molecular complexity index is 1040. The number of piperidine rings is 1. The van der Waals surface area contributed by atoms with Crippen LogP contribution in [-0.4, -0.2) is 39.2 Å². The number of rotatable bonds is 4. The van der Waals surface area contributed by atoms with Gasteiger partial charge in [-0.3, -0.25) is 4.79 Å². The molecule has 1 aliphatic heterocycles. The molecular formula is C20H22F2N4O3. The molecule has 1 fully saturated rings. The van der Waals surface area contributed by atoms with E-state index in [0.29, 0.717) is 30.2 Å². The molecule has 29 heavy (non-hydrogen) atoms. The molecule has 7 nitrogen and oxygen atoms in total. The highest BCUT2D eigenvalue weighted by Crippen LogP contribution is 2.34. The smallest absolute Gasteiger partial charge is 0.276 e. The second-order valence-corrected chi connectivity index (χ2v) is 7.74. The van der Waals surface area contributed by atoms with Crippen molar-refractivity contribution in [3.63, 3.8) is 0 Å². The van der Waals surface area contributed by atoms with Crippen LogP contribution in [0.4, 0.5) is 8.78 Å². The summed E-state index contributed by atoms with van der Waals surface area (Å²) in [5.74, 6) is 0.385. The maximum atomic E-state index is 13.6. The normalized spacial score (nSPS) is 17.6. The van der Waals surface area contributed by atoms with Crippen LogP contribution in [0, 0.1) is 6.92 Å². The van der Waals surface area contributed by atoms with Crippen molar-refractivity contribution in [2.45, 2.75) is 51.9 Å². The molecule has 3 aromatic rings. The van der Waals surface area contributed by atoms with E-state index < -0.39 is 6.43 Å². The minimum absolute atomic E-state index is 0.108. The second-order valence-electron chi connectivity index (χ2n) is 7.74. The first-order valence-electron chi connectivity index (χ1n) is 9.66. The van der Waals surface area contributed by atoms with Crippen molar-refractivity contribution in [3.8, 4) is 0 Å². The van der Waals surface area contributed by atoms with Crippen LogP contribution in [0.1, 0.15) is 78.2 Å². The van der Waals surface area contributed by atoms with E-state index in [1.54, 1.807) is 17.9 Å². The minimum Gasteiger partial charge on any atom is -0.360 e. The number of hydrogen-bond acceptors (Lipinski definition) is 6. The Kier molecular flexibility index (Phi) is 5.06. The summed E-state index contributed by atoms with van der Waals surface area (Å²) in [5, 5.41) is 7.92. The molecule has 0 N–H and O–H groups in total. The largest absolute Gasteiger partial charge is 0.360 e. The molecular weight excluding hydrogens is 382 g/mol. The van der Waals surface area contributed by atoms with Crippen molar-refractivity contribution in [1.82, 2.24) is 20.2 Å². The van der Waals surface area contributed by atoms with Gasteiger partial charge in [0.1, 0.15) is 5.76 Å². The Morgan fingerprint density at radius 1 is 1.24 bits per heavy atom. The Hall–Kier alpha value is -2.84. The molecule has 0 aliphatic carbocycles. The monoisotopic (exact) mass is 404 g/mol. The predicted octanol–water partition coefficient (Wildman–Crippen LogP) is 4.60. The number of fused-ring (bicyclic) bond motifs is 1. The number of aromatic nitrogens is 3. The molecule has 0 aromatic carbocycles. The molecule has 1 aliphatic rings. The number of alkyl halides is 2. The summed E-state index contributed by atoms with van der Waals surface area (Å²) in [6.45, 7) is 6.48. The Balaban J connectivity index is 1.60. The van der Waals surface area contributed by atoms with Crippen molar-refractivity contribution in [1.29, 1.82) is 0 Å². The van der Waals surface area contributed by atoms with Crippen molar-refractivity contribution in [2.75, 3.05) is 13.1 Å². The first kappa shape index (κ1) is 19.5. The van der Waals surface area contributed by atoms with E-state index in [4.69, 9.17) is 9.05 Å². The van der Waals surface area contributed by atoms with Gasteiger partial charge in [-0.15, -0.1) is 0 Å². The van der Waals surface area contributed by atoms with E-state index in [1.807, 2.05) is 13.8 Å². The lowest BCUT2D eigenvalue weighted by atomic mass is 9.92. The van der Waals surface area contributed by atoms with Crippen LogP contribution in [0.15, 0.2) is 21.2 Å². The average molecular weight is 404 g/mol. The lowest BCUT2D eigenvalue weighted by Crippen LogP contribution is -2.39. The van der Waals surface area contributed by atoms with Crippen molar-refractivity contribution >= 4 is 17.0 Å². The lowest BCUT2D eigenvalue weighted by molar-refractivity contribution is 0.0695. The number of aryl methyl sites for hydroxylation is 1.